The van der Waals surface area contributed by atoms with Crippen molar-refractivity contribution in [3.05, 3.63) is 66.2 Å². The van der Waals surface area contributed by atoms with Gasteiger partial charge in [0.15, 0.2) is 18.5 Å². The van der Waals surface area contributed by atoms with Crippen molar-refractivity contribution < 1.29 is 33.3 Å². The van der Waals surface area contributed by atoms with Gasteiger partial charge in [-0.05, 0) is 88.5 Å². The lowest BCUT2D eigenvalue weighted by molar-refractivity contribution is -0.167. The van der Waals surface area contributed by atoms with E-state index in [1.807, 2.05) is 48.5 Å². The zero-order valence-corrected chi connectivity index (χ0v) is 25.6. The van der Waals surface area contributed by atoms with E-state index in [9.17, 15) is 9.59 Å². The summed E-state index contributed by atoms with van der Waals surface area (Å²) in [6, 6.07) is 15.7. The van der Waals surface area contributed by atoms with Crippen LogP contribution in [0.5, 0.6) is 5.75 Å². The molecule has 0 unspecified atom stereocenters. The minimum atomic E-state index is -1.20. The number of hydrogen-bond acceptors (Lipinski definition) is 7. The van der Waals surface area contributed by atoms with Crippen LogP contribution in [0.15, 0.2) is 60.7 Å². The molecular weight excluding hydrogens is 532 g/mol. The molecule has 0 bridgehead atoms. The van der Waals surface area contributed by atoms with Crippen LogP contribution < -0.4 is 4.74 Å². The van der Waals surface area contributed by atoms with Gasteiger partial charge in [0.25, 0.3) is 0 Å². The van der Waals surface area contributed by atoms with Crippen LogP contribution >= 0.6 is 0 Å². The first-order chi connectivity index (χ1) is 20.2. The van der Waals surface area contributed by atoms with E-state index >= 15 is 0 Å². The second-order valence-corrected chi connectivity index (χ2v) is 11.9. The predicted octanol–water partition coefficient (Wildman–Crippen LogP) is 7.58. The van der Waals surface area contributed by atoms with E-state index in [-0.39, 0.29) is 12.2 Å². The van der Waals surface area contributed by atoms with Gasteiger partial charge < -0.3 is 23.7 Å². The molecule has 0 N–H and O–H groups in total. The molecular formula is C35H46O7. The lowest BCUT2D eigenvalue weighted by Crippen LogP contribution is -2.40. The van der Waals surface area contributed by atoms with Crippen molar-refractivity contribution >= 4 is 11.9 Å². The Balaban J connectivity index is 1.31. The van der Waals surface area contributed by atoms with Crippen molar-refractivity contribution in [1.29, 1.82) is 0 Å². The first-order valence-electron chi connectivity index (χ1n) is 15.4. The van der Waals surface area contributed by atoms with E-state index in [0.29, 0.717) is 18.1 Å². The largest absolute Gasteiger partial charge is 0.490 e. The van der Waals surface area contributed by atoms with Gasteiger partial charge in [-0.3, -0.25) is 0 Å². The fraction of sp³-hybridized carbons (Fsp3) is 0.543. The van der Waals surface area contributed by atoms with Crippen LogP contribution in [-0.2, 0) is 28.5 Å². The van der Waals surface area contributed by atoms with Crippen LogP contribution in [0.2, 0.25) is 0 Å². The monoisotopic (exact) mass is 578 g/mol. The summed E-state index contributed by atoms with van der Waals surface area (Å²) in [6.07, 6.45) is 8.45. The van der Waals surface area contributed by atoms with Gasteiger partial charge in [-0.2, -0.15) is 0 Å². The van der Waals surface area contributed by atoms with E-state index in [1.54, 1.807) is 27.7 Å². The molecule has 228 valence electrons. The summed E-state index contributed by atoms with van der Waals surface area (Å²) in [5.74, 6) is 1.14. The van der Waals surface area contributed by atoms with Crippen molar-refractivity contribution in [1.82, 2.24) is 0 Å². The predicted molar refractivity (Wildman–Crippen MR) is 162 cm³/mol. The average molecular weight is 579 g/mol. The fourth-order valence-corrected chi connectivity index (χ4v) is 5.60. The van der Waals surface area contributed by atoms with E-state index in [2.05, 4.69) is 19.1 Å². The molecule has 1 heterocycles. The third-order valence-electron chi connectivity index (χ3n) is 7.70. The number of carbonyl (C=O) groups excluding carboxylic acids is 2. The van der Waals surface area contributed by atoms with Crippen LogP contribution in [0.25, 0.3) is 11.1 Å². The molecule has 2 aliphatic rings. The molecule has 42 heavy (non-hydrogen) atoms. The van der Waals surface area contributed by atoms with Crippen LogP contribution in [0.4, 0.5) is 0 Å². The summed E-state index contributed by atoms with van der Waals surface area (Å²) in [6.45, 7) is 9.80. The zero-order chi connectivity index (χ0) is 30.1. The SMILES string of the molecule is CCCC1CCC(C=CCOc2ccc(-c3ccc(C4O[C@@H](C(=O)OC(C)C)[C@H](C(=O)OC(C)C)O4)cc3)cc2)CC1. The quantitative estimate of drug-likeness (QED) is 0.190. The maximum Gasteiger partial charge on any atom is 0.339 e. The van der Waals surface area contributed by atoms with Crippen molar-refractivity contribution in [3.63, 3.8) is 0 Å². The molecule has 1 saturated carbocycles. The zero-order valence-electron chi connectivity index (χ0n) is 25.6. The van der Waals surface area contributed by atoms with Crippen molar-refractivity contribution in [3.8, 4) is 16.9 Å². The van der Waals surface area contributed by atoms with E-state index in [1.165, 1.54) is 38.5 Å². The Morgan fingerprint density at radius 1 is 0.810 bits per heavy atom. The maximum absolute atomic E-state index is 12.6. The smallest absolute Gasteiger partial charge is 0.339 e. The molecule has 2 aromatic rings. The number of benzene rings is 2. The summed E-state index contributed by atoms with van der Waals surface area (Å²) >= 11 is 0. The molecule has 7 heteroatoms. The molecule has 4 rings (SSSR count). The van der Waals surface area contributed by atoms with Crippen molar-refractivity contribution in [2.45, 2.75) is 104 Å². The van der Waals surface area contributed by atoms with Crippen molar-refractivity contribution in [2.24, 2.45) is 11.8 Å². The van der Waals surface area contributed by atoms with E-state index in [0.717, 1.165) is 22.8 Å². The maximum atomic E-state index is 12.6. The molecule has 1 aliphatic heterocycles. The van der Waals surface area contributed by atoms with Gasteiger partial charge in [-0.1, -0.05) is 68.3 Å². The van der Waals surface area contributed by atoms with E-state index < -0.39 is 30.4 Å². The normalized spacial score (nSPS) is 23.0. The Morgan fingerprint density at radius 2 is 1.33 bits per heavy atom. The highest BCUT2D eigenvalue weighted by atomic mass is 16.8. The van der Waals surface area contributed by atoms with E-state index in [4.69, 9.17) is 23.7 Å². The van der Waals surface area contributed by atoms with Crippen LogP contribution in [0.3, 0.4) is 0 Å². The third kappa shape index (κ3) is 8.92. The van der Waals surface area contributed by atoms with Gasteiger partial charge in [0, 0.05) is 5.56 Å². The Morgan fingerprint density at radius 3 is 1.83 bits per heavy atom. The van der Waals surface area contributed by atoms with Gasteiger partial charge in [0.05, 0.1) is 12.2 Å². The first-order valence-corrected chi connectivity index (χ1v) is 15.4. The number of rotatable bonds is 12. The highest BCUT2D eigenvalue weighted by Crippen LogP contribution is 2.35. The van der Waals surface area contributed by atoms with Crippen molar-refractivity contribution in [2.75, 3.05) is 6.61 Å². The molecule has 2 aromatic carbocycles. The number of ether oxygens (including phenoxy) is 5. The van der Waals surface area contributed by atoms with Gasteiger partial charge in [-0.25, -0.2) is 9.59 Å². The average Bonchev–Trinajstić information content (AvgIpc) is 3.42. The Labute approximate surface area is 250 Å². The van der Waals surface area contributed by atoms with Crippen LogP contribution in [0.1, 0.15) is 85.0 Å². The Kier molecular flexibility index (Phi) is 11.6. The summed E-state index contributed by atoms with van der Waals surface area (Å²) in [5.41, 5.74) is 2.73. The molecule has 0 spiro atoms. The number of allylic oxidation sites excluding steroid dienone is 1. The number of hydrogen-bond donors (Lipinski definition) is 0. The molecule has 0 radical (unpaired) electrons. The van der Waals surface area contributed by atoms with Gasteiger partial charge >= 0.3 is 11.9 Å². The standard InChI is InChI=1S/C35H46O7/c1-6-8-25-10-12-26(13-11-25)9-7-22-38-30-20-18-28(19-21-30)27-14-16-29(17-15-27)35-41-31(33(36)39-23(2)3)32(42-35)34(37)40-24(4)5/h7,9,14-21,23-26,31-32,35H,6,8,10-13,22H2,1-5H3/t25?,26?,31-,32-/m1/s1. The van der Waals surface area contributed by atoms with Crippen LogP contribution in [-0.4, -0.2) is 43.0 Å². The summed E-state index contributed by atoms with van der Waals surface area (Å²) in [5, 5.41) is 0. The minimum absolute atomic E-state index is 0.352. The van der Waals surface area contributed by atoms with Gasteiger partial charge in [0.1, 0.15) is 12.4 Å². The lowest BCUT2D eigenvalue weighted by Gasteiger charge is -2.26. The summed E-state index contributed by atoms with van der Waals surface area (Å²) in [4.78, 5) is 25.3. The topological polar surface area (TPSA) is 80.3 Å². The minimum Gasteiger partial charge on any atom is -0.490 e. The van der Waals surface area contributed by atoms with Gasteiger partial charge in [0.2, 0.25) is 0 Å². The second-order valence-electron chi connectivity index (χ2n) is 11.9. The highest BCUT2D eigenvalue weighted by Gasteiger charge is 2.48. The molecule has 7 nitrogen and oxygen atoms in total. The number of carbonyl (C=O) groups is 2. The fourth-order valence-electron chi connectivity index (χ4n) is 5.60. The molecule has 1 aliphatic carbocycles. The Bertz CT molecular complexity index is 1130. The molecule has 0 amide bonds. The third-order valence-corrected chi connectivity index (χ3v) is 7.70. The highest BCUT2D eigenvalue weighted by molar-refractivity contribution is 5.86. The molecule has 1 saturated heterocycles. The number of esters is 2. The summed E-state index contributed by atoms with van der Waals surface area (Å²) in [7, 11) is 0. The Hall–Kier alpha value is -3.16. The first kappa shape index (κ1) is 31.8. The molecule has 2 atom stereocenters. The second kappa shape index (κ2) is 15.4. The molecule has 0 aromatic heterocycles. The molecule has 2 fully saturated rings. The van der Waals surface area contributed by atoms with Crippen LogP contribution in [0, 0.1) is 11.8 Å². The lowest BCUT2D eigenvalue weighted by atomic mass is 9.80. The van der Waals surface area contributed by atoms with Gasteiger partial charge in [-0.15, -0.1) is 0 Å². The summed E-state index contributed by atoms with van der Waals surface area (Å²) < 4.78 is 28.3.